The molecule has 4 rings (SSSR count). The molecule has 0 spiro atoms. The van der Waals surface area contributed by atoms with Gasteiger partial charge in [-0.15, -0.1) is 20.5 Å². The lowest BCUT2D eigenvalue weighted by molar-refractivity contribution is -0.385. The fraction of sp³-hybridized carbons (Fsp3) is 0. The number of fused-ring (bicyclic) bond motifs is 1. The second-order valence-corrected chi connectivity index (χ2v) is 14.9. The molecule has 0 fully saturated rings. The van der Waals surface area contributed by atoms with E-state index in [1.54, 1.807) is 0 Å². The summed E-state index contributed by atoms with van der Waals surface area (Å²) in [6.07, 6.45) is 0. The summed E-state index contributed by atoms with van der Waals surface area (Å²) in [5.41, 5.74) is -6.11. The molecule has 0 aliphatic rings. The van der Waals surface area contributed by atoms with E-state index in [1.165, 1.54) is 0 Å². The number of aromatic hydroxyl groups is 2. The number of hydrogen-bond donors (Lipinski definition) is 6. The van der Waals surface area contributed by atoms with E-state index < -0.39 is 126 Å². The van der Waals surface area contributed by atoms with Gasteiger partial charge in [-0.1, -0.05) is 0 Å². The summed E-state index contributed by atoms with van der Waals surface area (Å²) < 4.78 is 135. The lowest BCUT2D eigenvalue weighted by Crippen LogP contribution is -2.02. The molecule has 0 unspecified atom stereocenters. The second-order valence-electron chi connectivity index (χ2n) is 9.36. The highest BCUT2D eigenvalue weighted by Gasteiger charge is 2.30. The molecule has 24 nitrogen and oxygen atoms in total. The molecule has 50 heavy (non-hydrogen) atoms. The largest absolute Gasteiger partial charge is 0.505 e. The fourth-order valence-electron chi connectivity index (χ4n) is 4.07. The molecule has 0 saturated carbocycles. The lowest BCUT2D eigenvalue weighted by Gasteiger charge is -2.13. The van der Waals surface area contributed by atoms with Crippen molar-refractivity contribution in [1.82, 2.24) is 0 Å². The molecule has 0 aliphatic heterocycles. The van der Waals surface area contributed by atoms with Crippen molar-refractivity contribution in [2.24, 2.45) is 20.5 Å². The highest BCUT2D eigenvalue weighted by Crippen LogP contribution is 2.50. The maximum Gasteiger partial charge on any atom is 0.297 e. The third-order valence-electron chi connectivity index (χ3n) is 6.19. The van der Waals surface area contributed by atoms with Crippen LogP contribution in [0.2, 0.25) is 0 Å². The average Bonchev–Trinajstić information content (AvgIpc) is 2.97. The van der Waals surface area contributed by atoms with Crippen LogP contribution in [0.1, 0.15) is 0 Å². The normalized spacial score (nSPS) is 13.0. The Hall–Kier alpha value is -5.62. The van der Waals surface area contributed by atoms with Crippen LogP contribution in [0, 0.1) is 20.2 Å². The number of hydrogen-bond acceptors (Lipinski definition) is 18. The molecule has 0 saturated heterocycles. The highest BCUT2D eigenvalue weighted by atomic mass is 32.2. The first kappa shape index (κ1) is 37.2. The third kappa shape index (κ3) is 7.50. The van der Waals surface area contributed by atoms with Crippen molar-refractivity contribution in [2.75, 3.05) is 0 Å². The first-order valence-corrected chi connectivity index (χ1v) is 17.9. The molecule has 0 heterocycles. The first-order valence-electron chi connectivity index (χ1n) is 12.2. The van der Waals surface area contributed by atoms with Crippen molar-refractivity contribution in [1.29, 1.82) is 0 Å². The quantitative estimate of drug-likeness (QED) is 0.0575. The molecule has 0 radical (unpaired) electrons. The Bertz CT molecular complexity index is 2500. The predicted octanol–water partition coefficient (Wildman–Crippen LogP) is 3.89. The molecule has 6 N–H and O–H groups in total. The molecule has 264 valence electrons. The van der Waals surface area contributed by atoms with Gasteiger partial charge in [0.2, 0.25) is 0 Å². The summed E-state index contributed by atoms with van der Waals surface area (Å²) in [4.78, 5) is 14.8. The summed E-state index contributed by atoms with van der Waals surface area (Å²) in [7, 11) is -21.5. The van der Waals surface area contributed by atoms with Crippen LogP contribution in [0.5, 0.6) is 11.5 Å². The van der Waals surface area contributed by atoms with Gasteiger partial charge >= 0.3 is 0 Å². The van der Waals surface area contributed by atoms with Crippen molar-refractivity contribution in [3.8, 4) is 11.5 Å². The molecule has 0 bridgehead atoms. The second kappa shape index (κ2) is 12.7. The summed E-state index contributed by atoms with van der Waals surface area (Å²) >= 11 is 0. The molecule has 4 aromatic carbocycles. The predicted molar refractivity (Wildman–Crippen MR) is 161 cm³/mol. The SMILES string of the molecule is O=[N+]([O-])c1ccc(N=Nc2c(S(=O)(=O)O)cc3cc(S(=O)(=O)O)c(N=Nc4ccc([N+](=O)[O-])cc4S(=O)(=O)O)c(O)c3c2O)c(S(=O)(=O)O)c1. The zero-order valence-corrected chi connectivity index (χ0v) is 26.8. The maximum absolute atomic E-state index is 12.2. The summed E-state index contributed by atoms with van der Waals surface area (Å²) in [5.74, 6) is -2.95. The van der Waals surface area contributed by atoms with E-state index in [-0.39, 0.29) is 0 Å². The number of nitrogens with zero attached hydrogens (tertiary/aromatic N) is 6. The number of benzene rings is 4. The van der Waals surface area contributed by atoms with E-state index in [9.17, 15) is 82.3 Å². The van der Waals surface area contributed by atoms with Gasteiger partial charge < -0.3 is 10.2 Å². The Morgan fingerprint density at radius 2 is 0.820 bits per heavy atom. The van der Waals surface area contributed by atoms with Crippen LogP contribution in [0.15, 0.2) is 88.6 Å². The molecule has 0 amide bonds. The number of nitro groups is 2. The smallest absolute Gasteiger partial charge is 0.297 e. The zero-order valence-electron chi connectivity index (χ0n) is 23.5. The van der Waals surface area contributed by atoms with Crippen molar-refractivity contribution >= 4 is 85.4 Å². The summed E-state index contributed by atoms with van der Waals surface area (Å²) in [6.45, 7) is 0. The Kier molecular flexibility index (Phi) is 9.44. The van der Waals surface area contributed by atoms with Gasteiger partial charge in [0.05, 0.1) is 15.2 Å². The van der Waals surface area contributed by atoms with Crippen LogP contribution in [0.3, 0.4) is 0 Å². The Labute approximate surface area is 277 Å². The first-order chi connectivity index (χ1) is 22.8. The Balaban J connectivity index is 2.07. The number of non-ortho nitro benzene ring substituents is 2. The van der Waals surface area contributed by atoms with Crippen LogP contribution in [0.25, 0.3) is 10.8 Å². The average molecular weight is 779 g/mol. The van der Waals surface area contributed by atoms with E-state index in [2.05, 4.69) is 20.5 Å². The van der Waals surface area contributed by atoms with Crippen molar-refractivity contribution in [3.63, 3.8) is 0 Å². The van der Waals surface area contributed by atoms with Gasteiger partial charge in [0, 0.05) is 24.3 Å². The van der Waals surface area contributed by atoms with Gasteiger partial charge in [0.15, 0.2) is 11.5 Å². The van der Waals surface area contributed by atoms with Gasteiger partial charge in [-0.25, -0.2) is 0 Å². The Morgan fingerprint density at radius 1 is 0.500 bits per heavy atom. The van der Waals surface area contributed by atoms with Gasteiger partial charge in [-0.2, -0.15) is 33.7 Å². The van der Waals surface area contributed by atoms with Crippen LogP contribution in [0.4, 0.5) is 34.1 Å². The monoisotopic (exact) mass is 778 g/mol. The fourth-order valence-corrected chi connectivity index (χ4v) is 6.67. The van der Waals surface area contributed by atoms with Crippen LogP contribution < -0.4 is 0 Å². The maximum atomic E-state index is 12.2. The minimum absolute atomic E-state index is 0.339. The molecular weight excluding hydrogens is 765 g/mol. The number of rotatable bonds is 10. The molecular formula is C22H14N6O18S4. The summed E-state index contributed by atoms with van der Waals surface area (Å²) in [5, 5.41) is 55.8. The van der Waals surface area contributed by atoms with E-state index in [0.29, 0.717) is 48.5 Å². The molecule has 0 atom stereocenters. The molecule has 28 heteroatoms. The Morgan fingerprint density at radius 3 is 1.10 bits per heavy atom. The van der Waals surface area contributed by atoms with Crippen LogP contribution in [-0.2, 0) is 40.5 Å². The van der Waals surface area contributed by atoms with E-state index in [4.69, 9.17) is 0 Å². The van der Waals surface area contributed by atoms with Crippen molar-refractivity contribution in [2.45, 2.75) is 19.6 Å². The minimum atomic E-state index is -5.49. The number of azo groups is 2. The lowest BCUT2D eigenvalue weighted by atomic mass is 10.1. The van der Waals surface area contributed by atoms with Crippen molar-refractivity contribution in [3.05, 3.63) is 68.8 Å². The zero-order chi connectivity index (χ0) is 37.7. The van der Waals surface area contributed by atoms with Gasteiger partial charge in [-0.3, -0.25) is 38.4 Å². The topological polar surface area (TPSA) is 394 Å². The van der Waals surface area contributed by atoms with E-state index >= 15 is 0 Å². The standard InChI is InChI=1S/C22H14N6O18S4/c29-21-18-9(5-16(49(41,42)43)19(21)25-23-12-3-1-10(27(31)32)7-14(12)47(35,36)37)6-17(50(44,45)46)20(22(18)30)26-24-13-4-2-11(28(33)34)8-15(13)48(38,39)40/h1-8,29-30H,(H,35,36,37)(H,38,39,40)(H,41,42,43)(H,44,45,46). The molecule has 0 aliphatic carbocycles. The number of phenols is 2. The molecule has 0 aromatic heterocycles. The van der Waals surface area contributed by atoms with Crippen molar-refractivity contribution < 1.29 is 71.9 Å². The summed E-state index contributed by atoms with van der Waals surface area (Å²) in [6, 6.07) is 4.06. The van der Waals surface area contributed by atoms with E-state index in [0.717, 1.165) is 0 Å². The minimum Gasteiger partial charge on any atom is -0.505 e. The van der Waals surface area contributed by atoms with E-state index in [1.807, 2.05) is 0 Å². The third-order valence-corrected chi connectivity index (χ3v) is 9.69. The van der Waals surface area contributed by atoms with Crippen LogP contribution >= 0.6 is 0 Å². The van der Waals surface area contributed by atoms with Gasteiger partial charge in [0.1, 0.15) is 42.3 Å². The van der Waals surface area contributed by atoms with Gasteiger partial charge in [-0.05, 0) is 29.7 Å². The number of nitro benzene ring substituents is 2. The van der Waals surface area contributed by atoms with Crippen LogP contribution in [-0.4, -0.2) is 71.9 Å². The number of phenolic OH excluding ortho intramolecular Hbond substituents is 2. The molecule has 4 aromatic rings. The van der Waals surface area contributed by atoms with Gasteiger partial charge in [0.25, 0.3) is 51.8 Å². The highest BCUT2D eigenvalue weighted by molar-refractivity contribution is 7.86.